The van der Waals surface area contributed by atoms with Gasteiger partial charge in [-0.25, -0.2) is 0 Å². The molecule has 0 radical (unpaired) electrons. The van der Waals surface area contributed by atoms with E-state index < -0.39 is 0 Å². The van der Waals surface area contributed by atoms with Crippen LogP contribution in [0.4, 0.5) is 5.69 Å². The first-order chi connectivity index (χ1) is 18.2. The zero-order valence-electron chi connectivity index (χ0n) is 24.4. The lowest BCUT2D eigenvalue weighted by molar-refractivity contribution is -0.116. The van der Waals surface area contributed by atoms with E-state index in [1.54, 1.807) is 12.1 Å². The van der Waals surface area contributed by atoms with Crippen LogP contribution in [0.1, 0.15) is 165 Å². The quantitative estimate of drug-likeness (QED) is 0.128. The van der Waals surface area contributed by atoms with Crippen molar-refractivity contribution in [1.82, 2.24) is 5.32 Å². The standard InChI is InChI=1S/C33H58N2O2/c1-3-5-7-9-10-11-12-13-14-15-16-17-18-19-21-23-29-34-33(37)30-25-27-31(28-26-30)35-32(36)24-22-20-8-6-4-2/h25-28H,3-24,29H2,1-2H3,(H,34,37)(H,35,36). The van der Waals surface area contributed by atoms with Gasteiger partial charge in [0.25, 0.3) is 5.91 Å². The predicted octanol–water partition coefficient (Wildman–Crippen LogP) is 9.98. The maximum Gasteiger partial charge on any atom is 0.251 e. The molecular weight excluding hydrogens is 456 g/mol. The van der Waals surface area contributed by atoms with Gasteiger partial charge in [0.2, 0.25) is 5.91 Å². The molecule has 0 spiro atoms. The molecule has 0 aliphatic rings. The summed E-state index contributed by atoms with van der Waals surface area (Å²) < 4.78 is 0. The minimum atomic E-state index is -0.0326. The number of hydrogen-bond acceptors (Lipinski definition) is 2. The van der Waals surface area contributed by atoms with Crippen LogP contribution in [0.2, 0.25) is 0 Å². The average molecular weight is 515 g/mol. The summed E-state index contributed by atoms with van der Waals surface area (Å²) in [7, 11) is 0. The Hall–Kier alpha value is -1.84. The lowest BCUT2D eigenvalue weighted by Gasteiger charge is -2.08. The van der Waals surface area contributed by atoms with E-state index in [9.17, 15) is 9.59 Å². The Morgan fingerprint density at radius 2 is 0.946 bits per heavy atom. The molecule has 2 N–H and O–H groups in total. The fourth-order valence-corrected chi connectivity index (χ4v) is 4.79. The summed E-state index contributed by atoms with van der Waals surface area (Å²) in [4.78, 5) is 24.4. The van der Waals surface area contributed by atoms with Crippen LogP contribution in [0.3, 0.4) is 0 Å². The van der Waals surface area contributed by atoms with Crippen LogP contribution in [0.5, 0.6) is 0 Å². The SMILES string of the molecule is CCCCCCCCCCCCCCCCCCNC(=O)c1ccc(NC(=O)CCCCCCC)cc1. The summed E-state index contributed by atoms with van der Waals surface area (Å²) in [5.41, 5.74) is 1.40. The number of unbranched alkanes of at least 4 members (excludes halogenated alkanes) is 19. The number of amides is 2. The summed E-state index contributed by atoms with van der Waals surface area (Å²) in [6.45, 7) is 5.20. The molecule has 1 rings (SSSR count). The van der Waals surface area contributed by atoms with Gasteiger partial charge in [-0.05, 0) is 37.1 Å². The van der Waals surface area contributed by atoms with Crippen molar-refractivity contribution < 1.29 is 9.59 Å². The second-order valence-corrected chi connectivity index (χ2v) is 10.8. The Bertz CT molecular complexity index is 671. The van der Waals surface area contributed by atoms with Gasteiger partial charge in [0.15, 0.2) is 0 Å². The molecule has 4 nitrogen and oxygen atoms in total. The van der Waals surface area contributed by atoms with Gasteiger partial charge in [-0.1, -0.05) is 136 Å². The van der Waals surface area contributed by atoms with Crippen molar-refractivity contribution in [3.63, 3.8) is 0 Å². The molecule has 0 heterocycles. The molecule has 0 aliphatic carbocycles. The van der Waals surface area contributed by atoms with E-state index in [-0.39, 0.29) is 11.8 Å². The van der Waals surface area contributed by atoms with Gasteiger partial charge >= 0.3 is 0 Å². The molecule has 0 fully saturated rings. The fraction of sp³-hybridized carbons (Fsp3) is 0.758. The third-order valence-electron chi connectivity index (χ3n) is 7.25. The minimum absolute atomic E-state index is 0.0326. The molecule has 0 unspecified atom stereocenters. The number of carbonyl (C=O) groups excluding carboxylic acids is 2. The zero-order chi connectivity index (χ0) is 26.8. The van der Waals surface area contributed by atoms with Gasteiger partial charge in [0.1, 0.15) is 0 Å². The molecule has 0 saturated carbocycles. The Morgan fingerprint density at radius 3 is 1.41 bits per heavy atom. The van der Waals surface area contributed by atoms with Gasteiger partial charge in [0.05, 0.1) is 0 Å². The number of hydrogen-bond donors (Lipinski definition) is 2. The summed E-state index contributed by atoms with van der Waals surface area (Å²) in [6.07, 6.45) is 27.9. The Labute approximate surface area is 229 Å². The highest BCUT2D eigenvalue weighted by molar-refractivity contribution is 5.95. The van der Waals surface area contributed by atoms with Crippen molar-refractivity contribution in [3.8, 4) is 0 Å². The van der Waals surface area contributed by atoms with Crippen molar-refractivity contribution in [2.24, 2.45) is 0 Å². The van der Waals surface area contributed by atoms with Crippen molar-refractivity contribution in [2.75, 3.05) is 11.9 Å². The lowest BCUT2D eigenvalue weighted by atomic mass is 10.0. The second-order valence-electron chi connectivity index (χ2n) is 10.8. The zero-order valence-corrected chi connectivity index (χ0v) is 24.4. The van der Waals surface area contributed by atoms with Crippen LogP contribution < -0.4 is 10.6 Å². The highest BCUT2D eigenvalue weighted by atomic mass is 16.2. The maximum atomic E-state index is 12.4. The summed E-state index contributed by atoms with van der Waals surface area (Å²) in [6, 6.07) is 7.22. The Balaban J connectivity index is 1.95. The first-order valence-electron chi connectivity index (χ1n) is 15.9. The molecule has 212 valence electrons. The highest BCUT2D eigenvalue weighted by Crippen LogP contribution is 2.14. The first kappa shape index (κ1) is 33.2. The lowest BCUT2D eigenvalue weighted by Crippen LogP contribution is -2.24. The van der Waals surface area contributed by atoms with Crippen LogP contribution in [0, 0.1) is 0 Å². The van der Waals surface area contributed by atoms with Crippen LogP contribution in [0.25, 0.3) is 0 Å². The van der Waals surface area contributed by atoms with E-state index in [4.69, 9.17) is 0 Å². The highest BCUT2D eigenvalue weighted by Gasteiger charge is 2.06. The first-order valence-corrected chi connectivity index (χ1v) is 15.9. The van der Waals surface area contributed by atoms with E-state index in [2.05, 4.69) is 24.5 Å². The van der Waals surface area contributed by atoms with E-state index in [1.807, 2.05) is 12.1 Å². The van der Waals surface area contributed by atoms with Crippen LogP contribution >= 0.6 is 0 Å². The Kier molecular flexibility index (Phi) is 22.0. The largest absolute Gasteiger partial charge is 0.352 e. The number of benzene rings is 1. The van der Waals surface area contributed by atoms with Gasteiger partial charge in [0, 0.05) is 24.2 Å². The van der Waals surface area contributed by atoms with Crippen LogP contribution in [-0.4, -0.2) is 18.4 Å². The monoisotopic (exact) mass is 514 g/mol. The normalized spacial score (nSPS) is 11.0. The van der Waals surface area contributed by atoms with E-state index >= 15 is 0 Å². The van der Waals surface area contributed by atoms with Crippen molar-refractivity contribution in [2.45, 2.75) is 155 Å². The van der Waals surface area contributed by atoms with Gasteiger partial charge < -0.3 is 10.6 Å². The van der Waals surface area contributed by atoms with E-state index in [0.29, 0.717) is 12.0 Å². The third-order valence-corrected chi connectivity index (χ3v) is 7.25. The molecule has 1 aromatic carbocycles. The topological polar surface area (TPSA) is 58.2 Å². The van der Waals surface area contributed by atoms with Crippen molar-refractivity contribution >= 4 is 17.5 Å². The number of carbonyl (C=O) groups is 2. The predicted molar refractivity (Wildman–Crippen MR) is 160 cm³/mol. The molecule has 2 amide bonds. The maximum absolute atomic E-state index is 12.4. The molecular formula is C33H58N2O2. The summed E-state index contributed by atoms with van der Waals surface area (Å²) >= 11 is 0. The van der Waals surface area contributed by atoms with Crippen molar-refractivity contribution in [1.29, 1.82) is 0 Å². The number of nitrogens with one attached hydrogen (secondary N) is 2. The minimum Gasteiger partial charge on any atom is -0.352 e. The number of rotatable bonds is 25. The molecule has 37 heavy (non-hydrogen) atoms. The molecule has 0 saturated heterocycles. The second kappa shape index (κ2) is 24.5. The van der Waals surface area contributed by atoms with E-state index in [1.165, 1.54) is 116 Å². The smallest absolute Gasteiger partial charge is 0.251 e. The van der Waals surface area contributed by atoms with Crippen LogP contribution in [-0.2, 0) is 4.79 Å². The average Bonchev–Trinajstić information content (AvgIpc) is 2.90. The van der Waals surface area contributed by atoms with Gasteiger partial charge in [-0.3, -0.25) is 9.59 Å². The molecule has 0 atom stereocenters. The molecule has 1 aromatic rings. The summed E-state index contributed by atoms with van der Waals surface area (Å²) in [5.74, 6) is 0.0203. The van der Waals surface area contributed by atoms with Gasteiger partial charge in [-0.15, -0.1) is 0 Å². The van der Waals surface area contributed by atoms with Crippen LogP contribution in [0.15, 0.2) is 24.3 Å². The van der Waals surface area contributed by atoms with Gasteiger partial charge in [-0.2, -0.15) is 0 Å². The fourth-order valence-electron chi connectivity index (χ4n) is 4.79. The number of anilines is 1. The third kappa shape index (κ3) is 19.9. The molecule has 0 aromatic heterocycles. The molecule has 0 aliphatic heterocycles. The van der Waals surface area contributed by atoms with E-state index in [0.717, 1.165) is 31.5 Å². The molecule has 4 heteroatoms. The van der Waals surface area contributed by atoms with Crippen molar-refractivity contribution in [3.05, 3.63) is 29.8 Å². The molecule has 0 bridgehead atoms. The summed E-state index contributed by atoms with van der Waals surface area (Å²) in [5, 5.41) is 5.96. The Morgan fingerprint density at radius 1 is 0.541 bits per heavy atom.